The minimum Gasteiger partial charge on any atom is -0.320 e. The van der Waals surface area contributed by atoms with Crippen LogP contribution in [-0.4, -0.2) is 11.1 Å². The van der Waals surface area contributed by atoms with Crippen molar-refractivity contribution in [1.82, 2.24) is 0 Å². The maximum atomic E-state index is 12.0. The molecule has 0 unspecified atom stereocenters. The molecule has 2 heterocycles. The fourth-order valence-electron chi connectivity index (χ4n) is 1.89. The van der Waals surface area contributed by atoms with E-state index in [1.165, 1.54) is 11.3 Å². The second kappa shape index (κ2) is 3.58. The minimum absolute atomic E-state index is 0.187. The Hall–Kier alpha value is -1.85. The highest BCUT2D eigenvalue weighted by Gasteiger charge is 2.26. The normalized spacial score (nSPS) is 13.8. The molecule has 0 saturated heterocycles. The molecule has 1 amide bonds. The molecule has 1 aromatic heterocycles. The van der Waals surface area contributed by atoms with Gasteiger partial charge < -0.3 is 5.32 Å². The van der Waals surface area contributed by atoms with Crippen LogP contribution < -0.4 is 10.4 Å². The number of thiophene rings is 1. The molecule has 17 heavy (non-hydrogen) atoms. The first kappa shape index (κ1) is 10.3. The number of nitrogens with one attached hydrogen (secondary N) is 1. The number of rotatable bonds is 0. The summed E-state index contributed by atoms with van der Waals surface area (Å²) < 4.78 is 0. The molecule has 0 spiro atoms. The van der Waals surface area contributed by atoms with Gasteiger partial charge in [0.1, 0.15) is 5.00 Å². The van der Waals surface area contributed by atoms with Crippen molar-refractivity contribution in [2.45, 2.75) is 6.92 Å². The highest BCUT2D eigenvalue weighted by atomic mass is 32.1. The summed E-state index contributed by atoms with van der Waals surface area (Å²) in [6.07, 6.45) is 0. The summed E-state index contributed by atoms with van der Waals surface area (Å²) in [4.78, 5) is 13.0. The van der Waals surface area contributed by atoms with Gasteiger partial charge in [0.15, 0.2) is 0 Å². The summed E-state index contributed by atoms with van der Waals surface area (Å²) in [6.45, 7) is 1.91. The number of hydrogen-bond donors (Lipinski definition) is 2. The molecule has 1 aromatic carbocycles. The number of carbonyl (C=O) groups excluding carboxylic acids is 1. The van der Waals surface area contributed by atoms with Gasteiger partial charge in [-0.2, -0.15) is 0 Å². The molecule has 0 fully saturated rings. The molecular weight excluding hydrogens is 236 g/mol. The molecule has 1 aliphatic rings. The number of para-hydroxylation sites is 2. The van der Waals surface area contributed by atoms with Crippen LogP contribution in [0.2, 0.25) is 0 Å². The van der Waals surface area contributed by atoms with Gasteiger partial charge in [0.25, 0.3) is 5.91 Å². The lowest BCUT2D eigenvalue weighted by Gasteiger charge is -2.15. The molecule has 3 rings (SSSR count). The van der Waals surface area contributed by atoms with E-state index in [1.54, 1.807) is 18.2 Å². The average Bonchev–Trinajstić information content (AvgIpc) is 2.67. The number of anilines is 3. The third-order valence-electron chi connectivity index (χ3n) is 2.65. The summed E-state index contributed by atoms with van der Waals surface area (Å²) >= 11 is 1.39. The molecule has 0 atom stereocenters. The van der Waals surface area contributed by atoms with Crippen LogP contribution in [0.4, 0.5) is 16.4 Å². The van der Waals surface area contributed by atoms with Gasteiger partial charge in [0.2, 0.25) is 0 Å². The number of carbonyl (C=O) groups is 1. The quantitative estimate of drug-likeness (QED) is 0.750. The zero-order valence-corrected chi connectivity index (χ0v) is 9.91. The van der Waals surface area contributed by atoms with Gasteiger partial charge in [0, 0.05) is 4.88 Å². The molecule has 86 valence electrons. The van der Waals surface area contributed by atoms with Gasteiger partial charge in [-0.05, 0) is 25.1 Å². The van der Waals surface area contributed by atoms with E-state index in [0.717, 1.165) is 9.94 Å². The SMILES string of the molecule is Cc1cc2c(s1)N(O)c1ccccc1NC2=O. The summed E-state index contributed by atoms with van der Waals surface area (Å²) in [5, 5.41) is 14.6. The van der Waals surface area contributed by atoms with E-state index in [9.17, 15) is 10.0 Å². The van der Waals surface area contributed by atoms with E-state index in [4.69, 9.17) is 0 Å². The molecule has 0 bridgehead atoms. The van der Waals surface area contributed by atoms with Crippen LogP contribution in [0.5, 0.6) is 0 Å². The molecule has 5 heteroatoms. The minimum atomic E-state index is -0.187. The number of nitrogens with zero attached hydrogens (tertiary/aromatic N) is 1. The molecule has 2 N–H and O–H groups in total. The molecule has 4 nitrogen and oxygen atoms in total. The van der Waals surface area contributed by atoms with Crippen molar-refractivity contribution < 1.29 is 10.0 Å². The lowest BCUT2D eigenvalue weighted by molar-refractivity contribution is 0.102. The predicted molar refractivity (Wildman–Crippen MR) is 67.4 cm³/mol. The number of amides is 1. The van der Waals surface area contributed by atoms with Gasteiger partial charge in [0.05, 0.1) is 16.9 Å². The number of hydrogen-bond acceptors (Lipinski definition) is 4. The maximum absolute atomic E-state index is 12.0. The van der Waals surface area contributed by atoms with Crippen LogP contribution in [0.15, 0.2) is 30.3 Å². The predicted octanol–water partition coefficient (Wildman–Crippen LogP) is 3.15. The van der Waals surface area contributed by atoms with Crippen molar-refractivity contribution in [2.75, 3.05) is 10.4 Å². The maximum Gasteiger partial charge on any atom is 0.258 e. The van der Waals surface area contributed by atoms with E-state index in [2.05, 4.69) is 5.32 Å². The first-order valence-electron chi connectivity index (χ1n) is 5.16. The zero-order valence-electron chi connectivity index (χ0n) is 9.10. The molecule has 1 aliphatic heterocycles. The largest absolute Gasteiger partial charge is 0.320 e. The van der Waals surface area contributed by atoms with Gasteiger partial charge in [-0.25, -0.2) is 5.06 Å². The zero-order chi connectivity index (χ0) is 12.0. The Morgan fingerprint density at radius 3 is 2.94 bits per heavy atom. The summed E-state index contributed by atoms with van der Waals surface area (Å²) in [5.74, 6) is -0.187. The fourth-order valence-corrected chi connectivity index (χ4v) is 2.81. The van der Waals surface area contributed by atoms with Crippen molar-refractivity contribution in [1.29, 1.82) is 0 Å². The lowest BCUT2D eigenvalue weighted by atomic mass is 10.2. The number of aryl methyl sites for hydroxylation is 1. The fraction of sp³-hybridized carbons (Fsp3) is 0.0833. The summed E-state index contributed by atoms with van der Waals surface area (Å²) in [5.41, 5.74) is 1.70. The van der Waals surface area contributed by atoms with Crippen molar-refractivity contribution in [2.24, 2.45) is 0 Å². The molecule has 0 saturated carbocycles. The average molecular weight is 246 g/mol. The van der Waals surface area contributed by atoms with Crippen molar-refractivity contribution >= 4 is 33.6 Å². The van der Waals surface area contributed by atoms with E-state index in [0.29, 0.717) is 21.9 Å². The first-order chi connectivity index (χ1) is 8.16. The lowest BCUT2D eigenvalue weighted by Crippen LogP contribution is -2.09. The summed E-state index contributed by atoms with van der Waals surface area (Å²) in [7, 11) is 0. The molecule has 0 radical (unpaired) electrons. The second-order valence-corrected chi connectivity index (χ2v) is 5.09. The van der Waals surface area contributed by atoms with E-state index in [-0.39, 0.29) is 5.91 Å². The van der Waals surface area contributed by atoms with Gasteiger partial charge in [-0.1, -0.05) is 12.1 Å². The standard InChI is InChI=1S/C12H10N2O2S/c1-7-6-8-11(15)13-9-4-2-3-5-10(9)14(16)12(8)17-7/h2-6,16H,1H3,(H,13,15). The number of fused-ring (bicyclic) bond motifs is 2. The van der Waals surface area contributed by atoms with Crippen LogP contribution >= 0.6 is 11.3 Å². The summed E-state index contributed by atoms with van der Waals surface area (Å²) in [6, 6.07) is 8.95. The van der Waals surface area contributed by atoms with Crippen molar-refractivity contribution in [3.63, 3.8) is 0 Å². The van der Waals surface area contributed by atoms with Gasteiger partial charge >= 0.3 is 0 Å². The number of benzene rings is 1. The molecular formula is C12H10N2O2S. The van der Waals surface area contributed by atoms with Crippen molar-refractivity contribution in [3.8, 4) is 0 Å². The van der Waals surface area contributed by atoms with E-state index in [1.807, 2.05) is 19.1 Å². The van der Waals surface area contributed by atoms with Crippen LogP contribution in [0.3, 0.4) is 0 Å². The Balaban J connectivity index is 2.25. The Kier molecular flexibility index (Phi) is 2.17. The third-order valence-corrected chi connectivity index (χ3v) is 3.68. The van der Waals surface area contributed by atoms with Gasteiger partial charge in [-0.3, -0.25) is 10.0 Å². The second-order valence-electron chi connectivity index (χ2n) is 3.86. The molecule has 0 aliphatic carbocycles. The van der Waals surface area contributed by atoms with Crippen LogP contribution in [0, 0.1) is 6.92 Å². The van der Waals surface area contributed by atoms with Crippen LogP contribution in [-0.2, 0) is 0 Å². The van der Waals surface area contributed by atoms with Gasteiger partial charge in [-0.15, -0.1) is 11.3 Å². The highest BCUT2D eigenvalue weighted by Crippen LogP contribution is 2.40. The third kappa shape index (κ3) is 1.51. The Morgan fingerprint density at radius 1 is 1.35 bits per heavy atom. The highest BCUT2D eigenvalue weighted by molar-refractivity contribution is 7.16. The van der Waals surface area contributed by atoms with Crippen LogP contribution in [0.25, 0.3) is 0 Å². The van der Waals surface area contributed by atoms with Crippen molar-refractivity contribution in [3.05, 3.63) is 40.8 Å². The monoisotopic (exact) mass is 246 g/mol. The smallest absolute Gasteiger partial charge is 0.258 e. The van der Waals surface area contributed by atoms with E-state index < -0.39 is 0 Å². The Bertz CT molecular complexity index is 606. The Labute approximate surface area is 102 Å². The van der Waals surface area contributed by atoms with Crippen LogP contribution in [0.1, 0.15) is 15.2 Å². The Morgan fingerprint density at radius 2 is 2.12 bits per heavy atom. The first-order valence-corrected chi connectivity index (χ1v) is 5.98. The van der Waals surface area contributed by atoms with E-state index >= 15 is 0 Å². The molecule has 2 aromatic rings. The topological polar surface area (TPSA) is 52.6 Å².